The molecule has 0 aromatic heterocycles. The number of anilines is 1. The first-order valence-corrected chi connectivity index (χ1v) is 7.45. The number of nitrogens with zero attached hydrogens (tertiary/aromatic N) is 1. The van der Waals surface area contributed by atoms with Crippen LogP contribution in [0.15, 0.2) is 29.2 Å². The molecule has 0 spiro atoms. The third-order valence-electron chi connectivity index (χ3n) is 3.17. The van der Waals surface area contributed by atoms with Crippen molar-refractivity contribution in [3.8, 4) is 0 Å². The summed E-state index contributed by atoms with van der Waals surface area (Å²) >= 11 is 1.92. The van der Waals surface area contributed by atoms with Crippen molar-refractivity contribution in [2.24, 2.45) is 0 Å². The normalized spacial score (nSPS) is 21.4. The second kappa shape index (κ2) is 6.31. The lowest BCUT2D eigenvalue weighted by atomic mass is 10.1. The van der Waals surface area contributed by atoms with E-state index >= 15 is 0 Å². The third kappa shape index (κ3) is 3.65. The summed E-state index contributed by atoms with van der Waals surface area (Å²) in [6.45, 7) is 4.60. The van der Waals surface area contributed by atoms with E-state index in [-0.39, 0.29) is 0 Å². The summed E-state index contributed by atoms with van der Waals surface area (Å²) in [7, 11) is 2.21. The maximum absolute atomic E-state index is 3.70. The highest BCUT2D eigenvalue weighted by Crippen LogP contribution is 2.28. The molecule has 0 amide bonds. The van der Waals surface area contributed by atoms with Gasteiger partial charge in [-0.3, -0.25) is 0 Å². The molecular formula is C14H22N2S. The standard InChI is InChI=1S/C14H22N2S/c1-3-17-14-9-5-4-8-13(14)15-12-7-6-10-16(2)11-12/h4-5,8-9,12,15H,3,6-7,10-11H2,1-2H3. The Kier molecular flexibility index (Phi) is 4.75. The Hall–Kier alpha value is -0.670. The molecule has 1 atom stereocenters. The van der Waals surface area contributed by atoms with E-state index in [0.717, 1.165) is 12.3 Å². The average molecular weight is 250 g/mol. The molecule has 1 fully saturated rings. The minimum absolute atomic E-state index is 0.604. The molecule has 3 heteroatoms. The molecule has 0 radical (unpaired) electrons. The van der Waals surface area contributed by atoms with Crippen LogP contribution in [-0.4, -0.2) is 36.8 Å². The van der Waals surface area contributed by atoms with Crippen LogP contribution in [0.25, 0.3) is 0 Å². The molecule has 1 unspecified atom stereocenters. The Balaban J connectivity index is 2.01. The van der Waals surface area contributed by atoms with Gasteiger partial charge in [-0.05, 0) is 44.3 Å². The average Bonchev–Trinajstić information content (AvgIpc) is 2.32. The van der Waals surface area contributed by atoms with Gasteiger partial charge in [-0.2, -0.15) is 0 Å². The fraction of sp³-hybridized carbons (Fsp3) is 0.571. The van der Waals surface area contributed by atoms with Gasteiger partial charge >= 0.3 is 0 Å². The van der Waals surface area contributed by atoms with Crippen LogP contribution >= 0.6 is 11.8 Å². The molecule has 1 N–H and O–H groups in total. The summed E-state index contributed by atoms with van der Waals surface area (Å²) in [6.07, 6.45) is 2.59. The van der Waals surface area contributed by atoms with E-state index in [9.17, 15) is 0 Å². The minimum atomic E-state index is 0.604. The number of hydrogen-bond acceptors (Lipinski definition) is 3. The number of benzene rings is 1. The van der Waals surface area contributed by atoms with Crippen molar-refractivity contribution < 1.29 is 0 Å². The highest BCUT2D eigenvalue weighted by Gasteiger charge is 2.17. The quantitative estimate of drug-likeness (QED) is 0.825. The molecule has 1 aromatic carbocycles. The number of para-hydroxylation sites is 1. The zero-order chi connectivity index (χ0) is 12.1. The van der Waals surface area contributed by atoms with Gasteiger partial charge in [0.2, 0.25) is 0 Å². The number of rotatable bonds is 4. The van der Waals surface area contributed by atoms with Crippen molar-refractivity contribution in [2.75, 3.05) is 31.2 Å². The van der Waals surface area contributed by atoms with E-state index in [1.54, 1.807) is 0 Å². The summed E-state index contributed by atoms with van der Waals surface area (Å²) in [5.74, 6) is 1.13. The molecule has 1 aliphatic rings. The predicted octanol–water partition coefficient (Wildman–Crippen LogP) is 3.30. The fourth-order valence-electron chi connectivity index (χ4n) is 2.37. The molecule has 1 aromatic rings. The van der Waals surface area contributed by atoms with Crippen molar-refractivity contribution in [3.05, 3.63) is 24.3 Å². The topological polar surface area (TPSA) is 15.3 Å². The number of likely N-dealkylation sites (tertiary alicyclic amines) is 1. The van der Waals surface area contributed by atoms with E-state index in [1.165, 1.54) is 30.0 Å². The first-order valence-electron chi connectivity index (χ1n) is 6.46. The third-order valence-corrected chi connectivity index (χ3v) is 4.13. The fourth-order valence-corrected chi connectivity index (χ4v) is 3.14. The Morgan fingerprint density at radius 2 is 2.24 bits per heavy atom. The smallest absolute Gasteiger partial charge is 0.0480 e. The van der Waals surface area contributed by atoms with Crippen LogP contribution in [0.1, 0.15) is 19.8 Å². The van der Waals surface area contributed by atoms with Crippen LogP contribution in [0.4, 0.5) is 5.69 Å². The monoisotopic (exact) mass is 250 g/mol. The van der Waals surface area contributed by atoms with E-state index < -0.39 is 0 Å². The summed E-state index contributed by atoms with van der Waals surface area (Å²) in [4.78, 5) is 3.79. The summed E-state index contributed by atoms with van der Waals surface area (Å²) < 4.78 is 0. The van der Waals surface area contributed by atoms with Crippen molar-refractivity contribution in [3.63, 3.8) is 0 Å². The Morgan fingerprint density at radius 3 is 3.00 bits per heavy atom. The van der Waals surface area contributed by atoms with Crippen LogP contribution in [0.3, 0.4) is 0 Å². The number of piperidine rings is 1. The first kappa shape index (κ1) is 12.8. The van der Waals surface area contributed by atoms with Crippen LogP contribution in [-0.2, 0) is 0 Å². The zero-order valence-corrected chi connectivity index (χ0v) is 11.6. The van der Waals surface area contributed by atoms with Gasteiger partial charge in [0.1, 0.15) is 0 Å². The highest BCUT2D eigenvalue weighted by atomic mass is 32.2. The second-order valence-electron chi connectivity index (χ2n) is 4.67. The lowest BCUT2D eigenvalue weighted by Crippen LogP contribution is -2.39. The minimum Gasteiger partial charge on any atom is -0.380 e. The van der Waals surface area contributed by atoms with E-state index in [1.807, 2.05) is 11.8 Å². The van der Waals surface area contributed by atoms with E-state index in [0.29, 0.717) is 6.04 Å². The van der Waals surface area contributed by atoms with Gasteiger partial charge in [-0.15, -0.1) is 11.8 Å². The van der Waals surface area contributed by atoms with Crippen LogP contribution in [0, 0.1) is 0 Å². The van der Waals surface area contributed by atoms with Gasteiger partial charge in [0.25, 0.3) is 0 Å². The first-order chi connectivity index (χ1) is 8.29. The molecule has 0 saturated carbocycles. The van der Waals surface area contributed by atoms with Gasteiger partial charge in [0.15, 0.2) is 0 Å². The molecule has 2 rings (SSSR count). The predicted molar refractivity (Wildman–Crippen MR) is 77.0 cm³/mol. The molecule has 1 saturated heterocycles. The molecule has 1 aliphatic heterocycles. The van der Waals surface area contributed by atoms with Gasteiger partial charge in [0.05, 0.1) is 0 Å². The Bertz CT molecular complexity index is 354. The number of likely N-dealkylation sites (N-methyl/N-ethyl adjacent to an activating group) is 1. The van der Waals surface area contributed by atoms with Gasteiger partial charge in [-0.1, -0.05) is 19.1 Å². The number of hydrogen-bond donors (Lipinski definition) is 1. The number of nitrogens with one attached hydrogen (secondary N) is 1. The maximum atomic E-state index is 3.70. The summed E-state index contributed by atoms with van der Waals surface area (Å²) in [6, 6.07) is 9.26. The van der Waals surface area contributed by atoms with E-state index in [4.69, 9.17) is 0 Å². The largest absolute Gasteiger partial charge is 0.380 e. The van der Waals surface area contributed by atoms with Crippen LogP contribution < -0.4 is 5.32 Å². The molecule has 2 nitrogen and oxygen atoms in total. The molecule has 17 heavy (non-hydrogen) atoms. The van der Waals surface area contributed by atoms with Crippen LogP contribution in [0.5, 0.6) is 0 Å². The molecule has 0 aliphatic carbocycles. The van der Waals surface area contributed by atoms with Crippen molar-refractivity contribution in [1.29, 1.82) is 0 Å². The van der Waals surface area contributed by atoms with Gasteiger partial charge in [-0.25, -0.2) is 0 Å². The second-order valence-corrected chi connectivity index (χ2v) is 5.98. The lowest BCUT2D eigenvalue weighted by Gasteiger charge is -2.31. The summed E-state index contributed by atoms with van der Waals surface area (Å²) in [5.41, 5.74) is 1.31. The summed E-state index contributed by atoms with van der Waals surface area (Å²) in [5, 5.41) is 3.70. The van der Waals surface area contributed by atoms with Crippen molar-refractivity contribution >= 4 is 17.4 Å². The highest BCUT2D eigenvalue weighted by molar-refractivity contribution is 7.99. The van der Waals surface area contributed by atoms with E-state index in [2.05, 4.69) is 48.5 Å². The Labute approximate surface area is 109 Å². The zero-order valence-electron chi connectivity index (χ0n) is 10.8. The SMILES string of the molecule is CCSc1ccccc1NC1CCCN(C)C1. The van der Waals surface area contributed by atoms with Gasteiger partial charge in [0, 0.05) is 23.2 Å². The van der Waals surface area contributed by atoms with Crippen molar-refractivity contribution in [1.82, 2.24) is 4.90 Å². The lowest BCUT2D eigenvalue weighted by molar-refractivity contribution is 0.261. The maximum Gasteiger partial charge on any atom is 0.0480 e. The molecule has 94 valence electrons. The Morgan fingerprint density at radius 1 is 1.41 bits per heavy atom. The number of thioether (sulfide) groups is 1. The van der Waals surface area contributed by atoms with Crippen LogP contribution in [0.2, 0.25) is 0 Å². The van der Waals surface area contributed by atoms with Gasteiger partial charge < -0.3 is 10.2 Å². The molecule has 1 heterocycles. The van der Waals surface area contributed by atoms with Crippen molar-refractivity contribution in [2.45, 2.75) is 30.7 Å². The molecular weight excluding hydrogens is 228 g/mol. The molecule has 0 bridgehead atoms.